The number of likely N-dealkylation sites (tertiary alicyclic amines) is 1. The molecule has 8 nitrogen and oxygen atoms in total. The van der Waals surface area contributed by atoms with Gasteiger partial charge in [0.15, 0.2) is 6.10 Å². The van der Waals surface area contributed by atoms with Crippen LogP contribution in [0.15, 0.2) is 142 Å². The first kappa shape index (κ1) is 28.8. The summed E-state index contributed by atoms with van der Waals surface area (Å²) in [6, 6.07) is 41.0. The largest absolute Gasteiger partial charge is 0.445 e. The number of hydrogen-bond donors (Lipinski definition) is 0. The molecule has 1 aliphatic rings. The molecule has 1 saturated heterocycles. The number of imide groups is 1. The van der Waals surface area contributed by atoms with Gasteiger partial charge in [-0.05, 0) is 51.4 Å². The van der Waals surface area contributed by atoms with Crippen molar-refractivity contribution in [3.63, 3.8) is 0 Å². The summed E-state index contributed by atoms with van der Waals surface area (Å²) in [7, 11) is -2.31. The van der Waals surface area contributed by atoms with Gasteiger partial charge >= 0.3 is 14.2 Å². The van der Waals surface area contributed by atoms with Crippen molar-refractivity contribution in [3.8, 4) is 0 Å². The molecule has 1 fully saturated rings. The van der Waals surface area contributed by atoms with Crippen molar-refractivity contribution in [1.29, 1.82) is 0 Å². The van der Waals surface area contributed by atoms with Gasteiger partial charge in [0.2, 0.25) is 6.10 Å². The topological polar surface area (TPSA) is 99.2 Å². The molecule has 2 unspecified atom stereocenters. The Balaban J connectivity index is 1.28. The van der Waals surface area contributed by atoms with E-state index in [2.05, 4.69) is 0 Å². The summed E-state index contributed by atoms with van der Waals surface area (Å²) in [6.07, 6.45) is -3.06. The van der Waals surface area contributed by atoms with E-state index in [9.17, 15) is 14.4 Å². The van der Waals surface area contributed by atoms with E-state index in [0.717, 1.165) is 42.8 Å². The normalized spacial score (nSPS) is 16.4. The summed E-state index contributed by atoms with van der Waals surface area (Å²) in [5.74, 6) is -2.09. The molecular weight excluding hydrogens is 613 g/mol. The fourth-order valence-electron chi connectivity index (χ4n) is 6.05. The summed E-state index contributed by atoms with van der Waals surface area (Å²) >= 11 is 0. The maximum atomic E-state index is 13.9. The van der Waals surface area contributed by atoms with Gasteiger partial charge in [0.05, 0.1) is 12.1 Å². The first-order valence-electron chi connectivity index (χ1n) is 15.1. The Bertz CT molecular complexity index is 2270. The minimum Gasteiger partial charge on any atom is -0.445 e. The van der Waals surface area contributed by atoms with Crippen LogP contribution in [0.5, 0.6) is 0 Å². The van der Waals surface area contributed by atoms with Crippen LogP contribution in [-0.4, -0.2) is 34.9 Å². The van der Waals surface area contributed by atoms with Gasteiger partial charge in [-0.1, -0.05) is 109 Å². The second-order valence-electron chi connectivity index (χ2n) is 11.2. The van der Waals surface area contributed by atoms with Gasteiger partial charge in [0, 0.05) is 10.8 Å². The van der Waals surface area contributed by atoms with Crippen LogP contribution in [0.3, 0.4) is 0 Å². The van der Waals surface area contributed by atoms with Crippen LogP contribution in [0.1, 0.15) is 15.9 Å². The average Bonchev–Trinajstić information content (AvgIpc) is 3.23. The highest BCUT2D eigenvalue weighted by atomic mass is 31.1. The molecule has 2 heterocycles. The van der Waals surface area contributed by atoms with E-state index in [0.29, 0.717) is 11.2 Å². The van der Waals surface area contributed by atoms with Crippen molar-refractivity contribution in [2.45, 2.75) is 18.8 Å². The van der Waals surface area contributed by atoms with E-state index in [-0.39, 0.29) is 12.1 Å². The molecule has 0 saturated carbocycles. The molecule has 2 amide bonds. The molecule has 1 aromatic heterocycles. The Morgan fingerprint density at radius 1 is 0.617 bits per heavy atom. The van der Waals surface area contributed by atoms with Crippen LogP contribution in [0.4, 0.5) is 0 Å². The first-order chi connectivity index (χ1) is 23.0. The quantitative estimate of drug-likeness (QED) is 0.134. The maximum absolute atomic E-state index is 13.9. The van der Waals surface area contributed by atoms with Gasteiger partial charge in [-0.25, -0.2) is 4.79 Å². The molecule has 6 aromatic carbocycles. The number of amides is 2. The SMILES string of the molecule is O=C(OC1C(=O)N(Cc2ccccc2)C(=O)C1Op1oc2ccc3ccccc3c2c2c(ccc3ccccc32)o1)c1ccccc1. The zero-order valence-corrected chi connectivity index (χ0v) is 25.7. The number of esters is 1. The molecule has 0 bridgehead atoms. The highest BCUT2D eigenvalue weighted by Crippen LogP contribution is 2.41. The highest BCUT2D eigenvalue weighted by Gasteiger charge is 2.52. The summed E-state index contributed by atoms with van der Waals surface area (Å²) in [5, 5.41) is 5.60. The Morgan fingerprint density at radius 2 is 1.13 bits per heavy atom. The van der Waals surface area contributed by atoms with Gasteiger partial charge in [-0.2, -0.15) is 0 Å². The lowest BCUT2D eigenvalue weighted by molar-refractivity contribution is -0.142. The van der Waals surface area contributed by atoms with Gasteiger partial charge in [-0.3, -0.25) is 19.0 Å². The lowest BCUT2D eigenvalue weighted by Crippen LogP contribution is -2.37. The number of hydrogen-bond acceptors (Lipinski definition) is 7. The third-order valence-corrected chi connectivity index (χ3v) is 9.39. The van der Waals surface area contributed by atoms with E-state index in [1.54, 1.807) is 30.3 Å². The van der Waals surface area contributed by atoms with Gasteiger partial charge < -0.3 is 13.1 Å². The number of nitrogens with zero attached hydrogens (tertiary/aromatic N) is 1. The van der Waals surface area contributed by atoms with E-state index in [1.165, 1.54) is 0 Å². The van der Waals surface area contributed by atoms with Gasteiger partial charge in [0.1, 0.15) is 11.2 Å². The first-order valence-corrected chi connectivity index (χ1v) is 16.2. The second kappa shape index (κ2) is 11.9. The molecule has 230 valence electrons. The number of carbonyl (C=O) groups excluding carboxylic acids is 3. The van der Waals surface area contributed by atoms with Crippen molar-refractivity contribution in [1.82, 2.24) is 4.90 Å². The van der Waals surface area contributed by atoms with Crippen LogP contribution in [0, 0.1) is 0 Å². The van der Waals surface area contributed by atoms with Gasteiger partial charge in [-0.15, -0.1) is 0 Å². The van der Waals surface area contributed by atoms with E-state index in [4.69, 9.17) is 17.7 Å². The fraction of sp³-hybridized carbons (Fsp3) is 0.0789. The molecule has 0 N–H and O–H groups in total. The van der Waals surface area contributed by atoms with E-state index < -0.39 is 38.2 Å². The van der Waals surface area contributed by atoms with E-state index >= 15 is 0 Å². The predicted octanol–water partition coefficient (Wildman–Crippen LogP) is 8.19. The second-order valence-corrected chi connectivity index (χ2v) is 12.2. The van der Waals surface area contributed by atoms with E-state index in [1.807, 2.05) is 103 Å². The lowest BCUT2D eigenvalue weighted by atomic mass is 9.99. The molecule has 0 aliphatic carbocycles. The number of ether oxygens (including phenoxy) is 1. The number of rotatable bonds is 6. The standard InChI is InChI=1S/C38H26NO7P/c40-36-34(43-38(42)27-15-5-2-6-16-27)35(37(41)39(36)23-24-11-3-1-4-12-24)46-47-44-30-21-19-25-13-7-9-17-28(25)32(30)33-29-18-10-8-14-26(29)20-22-31(33)45-47/h1-22,34-35H,23H2. The van der Waals surface area contributed by atoms with Crippen molar-refractivity contribution < 1.29 is 32.0 Å². The molecule has 0 spiro atoms. The zero-order chi connectivity index (χ0) is 31.9. The molecule has 8 rings (SSSR count). The van der Waals surface area contributed by atoms with Crippen LogP contribution in [0.25, 0.3) is 43.5 Å². The molecule has 9 heteroatoms. The lowest BCUT2D eigenvalue weighted by Gasteiger charge is -2.15. The monoisotopic (exact) mass is 639 g/mol. The molecular formula is C38H26NO7P. The fourth-order valence-corrected chi connectivity index (χ4v) is 7.19. The Hall–Kier alpha value is -5.69. The number of carbonyl (C=O) groups is 3. The Kier molecular flexibility index (Phi) is 7.29. The molecule has 1 aliphatic heterocycles. The van der Waals surface area contributed by atoms with Crippen LogP contribution < -0.4 is 4.52 Å². The third kappa shape index (κ3) is 5.23. The minimum absolute atomic E-state index is 0.0129. The average molecular weight is 640 g/mol. The van der Waals surface area contributed by atoms with Crippen molar-refractivity contribution >= 4 is 69.5 Å². The third-order valence-electron chi connectivity index (χ3n) is 8.30. The summed E-state index contributed by atoms with van der Waals surface area (Å²) < 4.78 is 24.9. The zero-order valence-electron chi connectivity index (χ0n) is 24.8. The summed E-state index contributed by atoms with van der Waals surface area (Å²) in [6.45, 7) is -0.0129. The van der Waals surface area contributed by atoms with Crippen molar-refractivity contribution in [3.05, 3.63) is 145 Å². The van der Waals surface area contributed by atoms with Gasteiger partial charge in [0.25, 0.3) is 11.8 Å². The number of fused-ring (bicyclic) bond motifs is 7. The predicted molar refractivity (Wildman–Crippen MR) is 179 cm³/mol. The maximum Gasteiger partial charge on any atom is 0.388 e. The van der Waals surface area contributed by atoms with Crippen molar-refractivity contribution in [2.24, 2.45) is 0 Å². The smallest absolute Gasteiger partial charge is 0.388 e. The molecule has 0 radical (unpaired) electrons. The highest BCUT2D eigenvalue weighted by molar-refractivity contribution is 7.32. The van der Waals surface area contributed by atoms with Crippen LogP contribution in [-0.2, 0) is 20.9 Å². The summed E-state index contributed by atoms with van der Waals surface area (Å²) in [5.41, 5.74) is 1.97. The Morgan fingerprint density at radius 3 is 1.72 bits per heavy atom. The van der Waals surface area contributed by atoms with Crippen molar-refractivity contribution in [2.75, 3.05) is 0 Å². The molecule has 7 aromatic rings. The Labute approximate surface area is 269 Å². The van der Waals surface area contributed by atoms with Crippen LogP contribution in [0.2, 0.25) is 0 Å². The summed E-state index contributed by atoms with van der Waals surface area (Å²) in [4.78, 5) is 41.9. The van der Waals surface area contributed by atoms with Crippen LogP contribution >= 0.6 is 8.24 Å². The minimum atomic E-state index is -2.31. The molecule has 2 atom stereocenters. The number of benzene rings is 6. The molecule has 47 heavy (non-hydrogen) atoms.